The van der Waals surface area contributed by atoms with Gasteiger partial charge in [-0.15, -0.1) is 0 Å². The van der Waals surface area contributed by atoms with E-state index in [0.717, 1.165) is 5.56 Å². The van der Waals surface area contributed by atoms with Gasteiger partial charge in [0, 0.05) is 5.02 Å². The van der Waals surface area contributed by atoms with E-state index < -0.39 is 18.5 Å². The van der Waals surface area contributed by atoms with Gasteiger partial charge >= 0.3 is 5.97 Å². The number of nitriles is 1. The highest BCUT2D eigenvalue weighted by Gasteiger charge is 2.15. The van der Waals surface area contributed by atoms with E-state index >= 15 is 0 Å². The Morgan fingerprint density at radius 3 is 2.39 bits per heavy atom. The lowest BCUT2D eigenvalue weighted by atomic mass is 10.1. The third kappa shape index (κ3) is 6.15. The Balaban J connectivity index is 1.91. The molecular weight excluding hydrogens is 380 g/mol. The number of halogens is 1. The fraction of sp³-hybridized carbons (Fsp3) is 0.190. The molecule has 0 unspecified atom stereocenters. The first-order valence-electron chi connectivity index (χ1n) is 8.40. The van der Waals surface area contributed by atoms with Crippen molar-refractivity contribution in [3.05, 3.63) is 70.3 Å². The Hall–Kier alpha value is -3.30. The Morgan fingerprint density at radius 2 is 1.82 bits per heavy atom. The molecule has 2 rings (SSSR count). The van der Waals surface area contributed by atoms with Gasteiger partial charge in [0.15, 0.2) is 6.61 Å². The molecule has 0 heterocycles. The van der Waals surface area contributed by atoms with Gasteiger partial charge < -0.3 is 14.8 Å². The van der Waals surface area contributed by atoms with Gasteiger partial charge in [-0.2, -0.15) is 5.26 Å². The number of hydrogen-bond donors (Lipinski definition) is 1. The van der Waals surface area contributed by atoms with Gasteiger partial charge in [-0.25, -0.2) is 4.79 Å². The number of carbonyl (C=O) groups excluding carboxylic acids is 2. The average molecular weight is 399 g/mol. The molecule has 0 spiro atoms. The van der Waals surface area contributed by atoms with E-state index in [1.165, 1.54) is 6.08 Å². The third-order valence-corrected chi connectivity index (χ3v) is 4.10. The van der Waals surface area contributed by atoms with Crippen LogP contribution in [-0.2, 0) is 14.3 Å². The highest BCUT2D eigenvalue weighted by Crippen LogP contribution is 2.16. The van der Waals surface area contributed by atoms with Crippen LogP contribution in [0.5, 0.6) is 5.75 Å². The van der Waals surface area contributed by atoms with Crippen LogP contribution in [0.2, 0.25) is 5.02 Å². The van der Waals surface area contributed by atoms with Gasteiger partial charge in [0.2, 0.25) is 0 Å². The normalized spacial score (nSPS) is 11.9. The van der Waals surface area contributed by atoms with Crippen LogP contribution in [0, 0.1) is 11.3 Å². The number of ether oxygens (including phenoxy) is 2. The lowest BCUT2D eigenvalue weighted by Crippen LogP contribution is -2.31. The monoisotopic (exact) mass is 398 g/mol. The van der Waals surface area contributed by atoms with Gasteiger partial charge in [-0.05, 0) is 48.4 Å². The van der Waals surface area contributed by atoms with E-state index in [1.54, 1.807) is 68.6 Å². The van der Waals surface area contributed by atoms with Crippen LogP contribution < -0.4 is 10.1 Å². The number of nitrogens with one attached hydrogen (secondary N) is 1. The lowest BCUT2D eigenvalue weighted by molar-refractivity contribution is -0.144. The van der Waals surface area contributed by atoms with E-state index in [1.807, 2.05) is 0 Å². The Labute approximate surface area is 168 Å². The molecule has 0 bridgehead atoms. The highest BCUT2D eigenvalue weighted by atomic mass is 35.5. The molecule has 7 heteroatoms. The molecule has 1 N–H and O–H groups in total. The van der Waals surface area contributed by atoms with Crippen molar-refractivity contribution < 1.29 is 19.1 Å². The van der Waals surface area contributed by atoms with E-state index in [0.29, 0.717) is 16.3 Å². The summed E-state index contributed by atoms with van der Waals surface area (Å²) in [7, 11) is 1.54. The van der Waals surface area contributed by atoms with Crippen LogP contribution in [0.1, 0.15) is 24.1 Å². The van der Waals surface area contributed by atoms with Crippen LogP contribution in [0.3, 0.4) is 0 Å². The molecule has 0 aromatic heterocycles. The standard InChI is InChI=1S/C21H19ClN2O4/c1-14(16-5-7-18(22)8-6-16)24-20(25)13-28-21(26)17(12-23)11-15-3-9-19(27-2)10-4-15/h3-11,14H,13H2,1-2H3,(H,24,25)/b17-11+/t14-/m1/s1. The fourth-order valence-corrected chi connectivity index (χ4v) is 2.46. The highest BCUT2D eigenvalue weighted by molar-refractivity contribution is 6.30. The summed E-state index contributed by atoms with van der Waals surface area (Å²) in [5, 5.41) is 12.5. The molecule has 6 nitrogen and oxygen atoms in total. The van der Waals surface area contributed by atoms with Crippen LogP contribution in [0.4, 0.5) is 0 Å². The zero-order chi connectivity index (χ0) is 20.5. The van der Waals surface area contributed by atoms with Crippen molar-refractivity contribution in [3.8, 4) is 11.8 Å². The summed E-state index contributed by atoms with van der Waals surface area (Å²) < 4.78 is 10.00. The maximum absolute atomic E-state index is 12.1. The van der Waals surface area contributed by atoms with Crippen molar-refractivity contribution in [1.82, 2.24) is 5.32 Å². The SMILES string of the molecule is COc1ccc(/C=C(\C#N)C(=O)OCC(=O)N[C@H](C)c2ccc(Cl)cc2)cc1. The van der Waals surface area contributed by atoms with Crippen molar-refractivity contribution in [2.24, 2.45) is 0 Å². The van der Waals surface area contributed by atoms with E-state index in [-0.39, 0.29) is 11.6 Å². The van der Waals surface area contributed by atoms with E-state index in [4.69, 9.17) is 21.1 Å². The van der Waals surface area contributed by atoms with Crippen LogP contribution in [0.25, 0.3) is 6.08 Å². The first-order chi connectivity index (χ1) is 13.4. The maximum atomic E-state index is 12.1. The second-order valence-electron chi connectivity index (χ2n) is 5.86. The molecule has 0 aliphatic rings. The summed E-state index contributed by atoms with van der Waals surface area (Å²) in [5.74, 6) is -0.685. The number of esters is 1. The van der Waals surface area contributed by atoms with Crippen molar-refractivity contribution in [1.29, 1.82) is 5.26 Å². The summed E-state index contributed by atoms with van der Waals surface area (Å²) in [4.78, 5) is 24.1. The van der Waals surface area contributed by atoms with Crippen molar-refractivity contribution in [3.63, 3.8) is 0 Å². The van der Waals surface area contributed by atoms with Crippen LogP contribution in [-0.4, -0.2) is 25.6 Å². The molecule has 2 aromatic rings. The topological polar surface area (TPSA) is 88.4 Å². The molecule has 0 fully saturated rings. The first kappa shape index (κ1) is 21.0. The molecule has 0 saturated heterocycles. The van der Waals surface area contributed by atoms with Crippen molar-refractivity contribution >= 4 is 29.6 Å². The average Bonchev–Trinajstić information content (AvgIpc) is 2.71. The molecule has 0 aliphatic heterocycles. The van der Waals surface area contributed by atoms with Crippen molar-refractivity contribution in [2.75, 3.05) is 13.7 Å². The molecule has 1 amide bonds. The number of methoxy groups -OCH3 is 1. The summed E-state index contributed by atoms with van der Waals surface area (Å²) >= 11 is 5.84. The second kappa shape index (κ2) is 10.1. The molecule has 28 heavy (non-hydrogen) atoms. The smallest absolute Gasteiger partial charge is 0.349 e. The minimum atomic E-state index is -0.868. The summed E-state index contributed by atoms with van der Waals surface area (Å²) in [6, 6.07) is 15.4. The Bertz CT molecular complexity index is 899. The molecule has 1 atom stereocenters. The van der Waals surface area contributed by atoms with E-state index in [9.17, 15) is 14.9 Å². The summed E-state index contributed by atoms with van der Waals surface area (Å²) in [6.07, 6.45) is 1.38. The molecule has 0 radical (unpaired) electrons. The second-order valence-corrected chi connectivity index (χ2v) is 6.30. The number of nitrogens with zero attached hydrogens (tertiary/aromatic N) is 1. The van der Waals surface area contributed by atoms with Gasteiger partial charge in [0.25, 0.3) is 5.91 Å². The van der Waals surface area contributed by atoms with Gasteiger partial charge in [0.1, 0.15) is 17.4 Å². The van der Waals surface area contributed by atoms with Crippen molar-refractivity contribution in [2.45, 2.75) is 13.0 Å². The number of carbonyl (C=O) groups is 2. The third-order valence-electron chi connectivity index (χ3n) is 3.85. The zero-order valence-corrected chi connectivity index (χ0v) is 16.2. The largest absolute Gasteiger partial charge is 0.497 e. The molecule has 2 aromatic carbocycles. The van der Waals surface area contributed by atoms with Gasteiger partial charge in [-0.3, -0.25) is 4.79 Å². The van der Waals surface area contributed by atoms with Crippen LogP contribution >= 0.6 is 11.6 Å². The summed E-state index contributed by atoms with van der Waals surface area (Å²) in [6.45, 7) is 1.31. The van der Waals surface area contributed by atoms with Crippen LogP contribution in [0.15, 0.2) is 54.1 Å². The fourth-order valence-electron chi connectivity index (χ4n) is 2.33. The number of benzene rings is 2. The van der Waals surface area contributed by atoms with E-state index in [2.05, 4.69) is 5.32 Å². The minimum Gasteiger partial charge on any atom is -0.497 e. The molecule has 0 aliphatic carbocycles. The molecular formula is C21H19ClN2O4. The predicted molar refractivity (Wildman–Crippen MR) is 106 cm³/mol. The number of amides is 1. The number of hydrogen-bond acceptors (Lipinski definition) is 5. The minimum absolute atomic E-state index is 0.205. The Kier molecular flexibility index (Phi) is 7.61. The zero-order valence-electron chi connectivity index (χ0n) is 15.4. The molecule has 144 valence electrons. The predicted octanol–water partition coefficient (Wildman–Crippen LogP) is 3.68. The lowest BCUT2D eigenvalue weighted by Gasteiger charge is -2.14. The maximum Gasteiger partial charge on any atom is 0.349 e. The Morgan fingerprint density at radius 1 is 1.18 bits per heavy atom. The van der Waals surface area contributed by atoms with Gasteiger partial charge in [-0.1, -0.05) is 35.9 Å². The summed E-state index contributed by atoms with van der Waals surface area (Å²) in [5.41, 5.74) is 1.29. The first-order valence-corrected chi connectivity index (χ1v) is 8.78. The quantitative estimate of drug-likeness (QED) is 0.436. The molecule has 0 saturated carbocycles. The number of rotatable bonds is 7. The van der Waals surface area contributed by atoms with Gasteiger partial charge in [0.05, 0.1) is 13.2 Å².